The monoisotopic (exact) mass is 431 g/mol. The van der Waals surface area contributed by atoms with E-state index in [1.165, 1.54) is 4.90 Å². The average Bonchev–Trinajstić information content (AvgIpc) is 3.00. The third-order valence-electron chi connectivity index (χ3n) is 5.17. The number of carbonyl (C=O) groups is 2. The largest absolute Gasteiger partial charge is 0.378 e. The number of carbonyl (C=O) groups excluding carboxylic acids is 2. The van der Waals surface area contributed by atoms with E-state index in [4.69, 9.17) is 11.6 Å². The first-order valence-electron chi connectivity index (χ1n) is 9.89. The van der Waals surface area contributed by atoms with Gasteiger partial charge in [-0.15, -0.1) is 0 Å². The van der Waals surface area contributed by atoms with Gasteiger partial charge in [0.15, 0.2) is 0 Å². The Labute approximate surface area is 186 Å². The summed E-state index contributed by atoms with van der Waals surface area (Å²) in [5.41, 5.74) is 3.80. The molecule has 1 aliphatic rings. The Morgan fingerprint density at radius 1 is 0.839 bits per heavy atom. The second kappa shape index (κ2) is 8.66. The first-order chi connectivity index (χ1) is 15.0. The van der Waals surface area contributed by atoms with Gasteiger partial charge in [-0.25, -0.2) is 0 Å². The quantitative estimate of drug-likeness (QED) is 0.570. The predicted molar refractivity (Wildman–Crippen MR) is 125 cm³/mol. The van der Waals surface area contributed by atoms with Crippen LogP contribution in [-0.4, -0.2) is 30.8 Å². The van der Waals surface area contributed by atoms with Gasteiger partial charge >= 0.3 is 0 Å². The lowest BCUT2D eigenvalue weighted by Gasteiger charge is -2.16. The Morgan fingerprint density at radius 2 is 1.48 bits per heavy atom. The van der Waals surface area contributed by atoms with Gasteiger partial charge in [-0.3, -0.25) is 14.5 Å². The van der Waals surface area contributed by atoms with Crippen molar-refractivity contribution in [3.8, 4) is 0 Å². The molecular weight excluding hydrogens is 410 g/mol. The number of anilines is 2. The molecule has 0 unspecified atom stereocenters. The molecule has 1 heterocycles. The highest BCUT2D eigenvalue weighted by atomic mass is 35.5. The number of halogens is 1. The molecule has 1 N–H and O–H groups in total. The molecule has 0 radical (unpaired) electrons. The molecule has 5 nitrogen and oxygen atoms in total. The average molecular weight is 432 g/mol. The van der Waals surface area contributed by atoms with E-state index in [-0.39, 0.29) is 24.1 Å². The minimum absolute atomic E-state index is 0.110. The molecule has 156 valence electrons. The maximum atomic E-state index is 13.3. The maximum absolute atomic E-state index is 13.3. The zero-order chi connectivity index (χ0) is 22.0. The van der Waals surface area contributed by atoms with Crippen molar-refractivity contribution in [3.63, 3.8) is 0 Å². The van der Waals surface area contributed by atoms with Gasteiger partial charge < -0.3 is 10.2 Å². The minimum atomic E-state index is -0.375. The van der Waals surface area contributed by atoms with Gasteiger partial charge in [0.1, 0.15) is 5.70 Å². The number of nitrogens with one attached hydrogen (secondary N) is 1. The topological polar surface area (TPSA) is 52.7 Å². The molecule has 0 saturated heterocycles. The molecule has 6 heteroatoms. The molecule has 31 heavy (non-hydrogen) atoms. The zero-order valence-electron chi connectivity index (χ0n) is 17.3. The summed E-state index contributed by atoms with van der Waals surface area (Å²) in [6.07, 6.45) is 0. The van der Waals surface area contributed by atoms with E-state index in [0.29, 0.717) is 16.2 Å². The number of hydrogen-bond acceptors (Lipinski definition) is 4. The molecule has 0 atom stereocenters. The Kier molecular flexibility index (Phi) is 5.78. The number of imide groups is 1. The van der Waals surface area contributed by atoms with Crippen LogP contribution in [-0.2, 0) is 16.1 Å². The normalized spacial score (nSPS) is 13.7. The van der Waals surface area contributed by atoms with Crippen molar-refractivity contribution in [2.75, 3.05) is 24.3 Å². The van der Waals surface area contributed by atoms with Crippen LogP contribution in [0.25, 0.3) is 5.57 Å². The highest BCUT2D eigenvalue weighted by Crippen LogP contribution is 2.32. The summed E-state index contributed by atoms with van der Waals surface area (Å²) >= 11 is 6.28. The summed E-state index contributed by atoms with van der Waals surface area (Å²) in [6.45, 7) is 0.110. The third kappa shape index (κ3) is 4.18. The highest BCUT2D eigenvalue weighted by Gasteiger charge is 2.39. The number of rotatable bonds is 6. The fourth-order valence-corrected chi connectivity index (χ4v) is 3.69. The minimum Gasteiger partial charge on any atom is -0.378 e. The second-order valence-electron chi connectivity index (χ2n) is 7.47. The van der Waals surface area contributed by atoms with Crippen molar-refractivity contribution < 1.29 is 9.59 Å². The Bertz CT molecular complexity index is 1150. The molecule has 0 bridgehead atoms. The summed E-state index contributed by atoms with van der Waals surface area (Å²) in [5.74, 6) is -0.719. The third-order valence-corrected chi connectivity index (χ3v) is 5.54. The first kappa shape index (κ1) is 20.7. The molecule has 0 saturated carbocycles. The van der Waals surface area contributed by atoms with E-state index in [1.54, 1.807) is 6.07 Å². The molecule has 0 aromatic heterocycles. The van der Waals surface area contributed by atoms with E-state index < -0.39 is 0 Å². The van der Waals surface area contributed by atoms with Crippen molar-refractivity contribution in [2.24, 2.45) is 0 Å². The van der Waals surface area contributed by atoms with E-state index in [0.717, 1.165) is 16.9 Å². The van der Waals surface area contributed by atoms with Gasteiger partial charge in [-0.1, -0.05) is 60.1 Å². The number of hydrogen-bond donors (Lipinski definition) is 1. The van der Waals surface area contributed by atoms with E-state index >= 15 is 0 Å². The number of nitrogens with zero attached hydrogens (tertiary/aromatic N) is 2. The highest BCUT2D eigenvalue weighted by molar-refractivity contribution is 6.36. The summed E-state index contributed by atoms with van der Waals surface area (Å²) in [7, 11) is 3.93. The zero-order valence-corrected chi connectivity index (χ0v) is 18.1. The van der Waals surface area contributed by atoms with Crippen molar-refractivity contribution in [3.05, 3.63) is 101 Å². The van der Waals surface area contributed by atoms with Gasteiger partial charge in [0.2, 0.25) is 0 Å². The summed E-state index contributed by atoms with van der Waals surface area (Å²) < 4.78 is 0. The fraction of sp³-hybridized carbons (Fsp3) is 0.120. The van der Waals surface area contributed by atoms with Crippen LogP contribution < -0.4 is 10.2 Å². The van der Waals surface area contributed by atoms with Gasteiger partial charge in [-0.2, -0.15) is 0 Å². The van der Waals surface area contributed by atoms with E-state index in [2.05, 4.69) is 5.32 Å². The lowest BCUT2D eigenvalue weighted by molar-refractivity contribution is -0.137. The molecule has 0 spiro atoms. The van der Waals surface area contributed by atoms with Crippen molar-refractivity contribution >= 4 is 40.4 Å². The lowest BCUT2D eigenvalue weighted by Crippen LogP contribution is -2.32. The summed E-state index contributed by atoms with van der Waals surface area (Å²) in [4.78, 5) is 29.9. The molecule has 3 aromatic rings. The molecule has 3 aromatic carbocycles. The molecular formula is C25H22ClN3O2. The summed E-state index contributed by atoms with van der Waals surface area (Å²) in [5, 5.41) is 3.70. The van der Waals surface area contributed by atoms with Crippen LogP contribution in [0.3, 0.4) is 0 Å². The van der Waals surface area contributed by atoms with E-state index in [1.807, 2.05) is 91.8 Å². The lowest BCUT2D eigenvalue weighted by atomic mass is 10.0. The van der Waals surface area contributed by atoms with Gasteiger partial charge in [0.05, 0.1) is 12.1 Å². The van der Waals surface area contributed by atoms with Gasteiger partial charge in [0, 0.05) is 30.5 Å². The van der Waals surface area contributed by atoms with Crippen LogP contribution in [0, 0.1) is 0 Å². The second-order valence-corrected chi connectivity index (χ2v) is 7.88. The Balaban J connectivity index is 1.71. The Hall–Kier alpha value is -3.57. The molecule has 0 aliphatic carbocycles. The van der Waals surface area contributed by atoms with E-state index in [9.17, 15) is 9.59 Å². The predicted octanol–water partition coefficient (Wildman–Crippen LogP) is 4.80. The molecule has 0 fully saturated rings. The fourth-order valence-electron chi connectivity index (χ4n) is 3.49. The molecule has 2 amide bonds. The smallest absolute Gasteiger partial charge is 0.278 e. The SMILES string of the molecule is CN(C)c1ccc(NC2=C(c3ccccc3)C(=O)N(Cc3ccccc3Cl)C2=O)cc1. The van der Waals surface area contributed by atoms with Crippen molar-refractivity contribution in [2.45, 2.75) is 6.54 Å². The Morgan fingerprint density at radius 3 is 2.13 bits per heavy atom. The van der Waals surface area contributed by atoms with Crippen molar-refractivity contribution in [1.82, 2.24) is 4.90 Å². The van der Waals surface area contributed by atoms with Gasteiger partial charge in [-0.05, 0) is 41.5 Å². The number of amides is 2. The number of benzene rings is 3. The van der Waals surface area contributed by atoms with Gasteiger partial charge in [0.25, 0.3) is 11.8 Å². The van der Waals surface area contributed by atoms with Crippen molar-refractivity contribution in [1.29, 1.82) is 0 Å². The van der Waals surface area contributed by atoms with Crippen LogP contribution in [0.5, 0.6) is 0 Å². The maximum Gasteiger partial charge on any atom is 0.278 e. The van der Waals surface area contributed by atoms with Crippen LogP contribution >= 0.6 is 11.6 Å². The standard InChI is InChI=1S/C25H22ClN3O2/c1-28(2)20-14-12-19(13-15-20)27-23-22(17-8-4-3-5-9-17)24(30)29(25(23)31)16-18-10-6-7-11-21(18)26/h3-15,27H,16H2,1-2H3. The molecule has 1 aliphatic heterocycles. The van der Waals surface area contributed by atoms with Crippen LogP contribution in [0.15, 0.2) is 84.6 Å². The summed E-state index contributed by atoms with van der Waals surface area (Å²) in [6, 6.07) is 24.1. The first-order valence-corrected chi connectivity index (χ1v) is 10.3. The molecule has 4 rings (SSSR count). The van der Waals surface area contributed by atoms with Crippen LogP contribution in [0.2, 0.25) is 5.02 Å². The van der Waals surface area contributed by atoms with Crippen LogP contribution in [0.4, 0.5) is 11.4 Å². The van der Waals surface area contributed by atoms with Crippen LogP contribution in [0.1, 0.15) is 11.1 Å².